The third-order valence-electron chi connectivity index (χ3n) is 11.1. The predicted octanol–water partition coefficient (Wildman–Crippen LogP) is 11.2. The van der Waals surface area contributed by atoms with Crippen LogP contribution in [0.2, 0.25) is 0 Å². The Kier molecular flexibility index (Phi) is 5.23. The number of aromatic nitrogens is 1. The molecule has 0 atom stereocenters. The standard InChI is InChI=1S/C46H27BN2S/c1-2-14-31(15-3-1)49-39-19-9-6-16-32(39)36-27-34(30-22-23-43-35(25-30)33-17-7-11-21-42(33)50-43)44-37-24-28-12-4-5-13-29(28)26-41(37)48-40-20-10-8-18-38(40)47(49)45(36)46(44)48/h1-27H. The number of thiophene rings is 1. The highest BCUT2D eigenvalue weighted by Gasteiger charge is 2.44. The molecule has 2 aromatic heterocycles. The summed E-state index contributed by atoms with van der Waals surface area (Å²) in [4.78, 5) is 2.58. The molecular weight excluding hydrogens is 623 g/mol. The molecule has 2 nitrogen and oxygen atoms in total. The Morgan fingerprint density at radius 3 is 2.10 bits per heavy atom. The molecule has 0 bridgehead atoms. The molecule has 0 saturated carbocycles. The van der Waals surface area contributed by atoms with Crippen molar-refractivity contribution in [2.45, 2.75) is 0 Å². The summed E-state index contributed by atoms with van der Waals surface area (Å²) in [6, 6.07) is 61.2. The quantitative estimate of drug-likeness (QED) is 0.169. The van der Waals surface area contributed by atoms with E-state index in [1.54, 1.807) is 0 Å². The molecule has 10 aromatic rings. The first-order chi connectivity index (χ1) is 24.8. The van der Waals surface area contributed by atoms with Crippen LogP contribution in [0, 0.1) is 0 Å². The van der Waals surface area contributed by atoms with E-state index in [2.05, 4.69) is 173 Å². The highest BCUT2D eigenvalue weighted by atomic mass is 32.1. The minimum atomic E-state index is 0.0181. The minimum absolute atomic E-state index is 0.0181. The summed E-state index contributed by atoms with van der Waals surface area (Å²) in [7, 11) is 0. The Bertz CT molecular complexity index is 3060. The van der Waals surface area contributed by atoms with Crippen LogP contribution in [0.3, 0.4) is 0 Å². The van der Waals surface area contributed by atoms with Gasteiger partial charge in [-0.05, 0) is 99.1 Å². The van der Waals surface area contributed by atoms with Crippen molar-refractivity contribution in [1.29, 1.82) is 0 Å². The van der Waals surface area contributed by atoms with Gasteiger partial charge in [-0.15, -0.1) is 11.3 Å². The molecule has 0 unspecified atom stereocenters. The summed E-state index contributed by atoms with van der Waals surface area (Å²) >= 11 is 1.88. The lowest BCUT2D eigenvalue weighted by Crippen LogP contribution is -2.60. The molecule has 230 valence electrons. The number of rotatable bonds is 2. The lowest BCUT2D eigenvalue weighted by atomic mass is 9.44. The van der Waals surface area contributed by atoms with E-state index >= 15 is 0 Å². The molecule has 2 aliphatic heterocycles. The van der Waals surface area contributed by atoms with Crippen molar-refractivity contribution in [3.8, 4) is 27.9 Å². The fourth-order valence-corrected chi connectivity index (χ4v) is 10.2. The van der Waals surface area contributed by atoms with Gasteiger partial charge in [-0.2, -0.15) is 0 Å². The van der Waals surface area contributed by atoms with Gasteiger partial charge in [0.2, 0.25) is 0 Å². The fourth-order valence-electron chi connectivity index (χ4n) is 9.07. The van der Waals surface area contributed by atoms with Gasteiger partial charge in [0.25, 0.3) is 0 Å². The zero-order valence-electron chi connectivity index (χ0n) is 27.0. The summed E-state index contributed by atoms with van der Waals surface area (Å²) in [5.74, 6) is 0. The van der Waals surface area contributed by atoms with Crippen LogP contribution in [-0.2, 0) is 0 Å². The highest BCUT2D eigenvalue weighted by Crippen LogP contribution is 2.49. The van der Waals surface area contributed by atoms with Gasteiger partial charge in [0, 0.05) is 53.6 Å². The Labute approximate surface area is 293 Å². The molecule has 12 rings (SSSR count). The van der Waals surface area contributed by atoms with Crippen LogP contribution in [0.15, 0.2) is 164 Å². The van der Waals surface area contributed by atoms with Gasteiger partial charge >= 0.3 is 6.85 Å². The molecule has 0 amide bonds. The minimum Gasteiger partial charge on any atom is -0.376 e. The van der Waals surface area contributed by atoms with Gasteiger partial charge in [0.05, 0.1) is 11.0 Å². The topological polar surface area (TPSA) is 8.17 Å². The third kappa shape index (κ3) is 3.43. The predicted molar refractivity (Wildman–Crippen MR) is 216 cm³/mol. The zero-order chi connectivity index (χ0) is 32.5. The van der Waals surface area contributed by atoms with E-state index in [1.165, 1.54) is 103 Å². The molecule has 4 heteroatoms. The Morgan fingerprint density at radius 2 is 1.20 bits per heavy atom. The van der Waals surface area contributed by atoms with Crippen LogP contribution in [0.4, 0.5) is 11.4 Å². The Balaban J connectivity index is 1.30. The smallest absolute Gasteiger partial charge is 0.333 e. The van der Waals surface area contributed by atoms with E-state index in [0.717, 1.165) is 0 Å². The first-order valence-corrected chi connectivity index (χ1v) is 18.1. The molecule has 0 fully saturated rings. The zero-order valence-corrected chi connectivity index (χ0v) is 27.8. The van der Waals surface area contributed by atoms with Crippen molar-refractivity contribution in [3.63, 3.8) is 0 Å². The number of benzene rings is 8. The van der Waals surface area contributed by atoms with E-state index in [0.29, 0.717) is 0 Å². The SMILES string of the molecule is c1ccc(N2B3c4ccccc4-n4c5cc6ccccc6cc5c5c(-c6ccc7sc8ccccc8c7c6)cc(c3c54)-c3ccccc32)cc1. The number of fused-ring (bicyclic) bond motifs is 12. The van der Waals surface area contributed by atoms with Crippen LogP contribution in [0.5, 0.6) is 0 Å². The van der Waals surface area contributed by atoms with Gasteiger partial charge < -0.3 is 9.38 Å². The van der Waals surface area contributed by atoms with Gasteiger partial charge in [-0.25, -0.2) is 0 Å². The van der Waals surface area contributed by atoms with Crippen molar-refractivity contribution < 1.29 is 0 Å². The fraction of sp³-hybridized carbons (Fsp3) is 0. The van der Waals surface area contributed by atoms with Crippen molar-refractivity contribution in [1.82, 2.24) is 4.57 Å². The normalized spacial score (nSPS) is 13.1. The Hall–Kier alpha value is -6.10. The van der Waals surface area contributed by atoms with E-state index in [-0.39, 0.29) is 6.85 Å². The summed E-state index contributed by atoms with van der Waals surface area (Å²) in [5, 5.41) is 7.81. The van der Waals surface area contributed by atoms with Crippen LogP contribution in [0.1, 0.15) is 0 Å². The number of anilines is 2. The van der Waals surface area contributed by atoms with Crippen LogP contribution >= 0.6 is 11.3 Å². The van der Waals surface area contributed by atoms with Gasteiger partial charge in [0.15, 0.2) is 0 Å². The average Bonchev–Trinajstić information content (AvgIpc) is 3.72. The molecular formula is C46H27BN2S. The second kappa shape index (κ2) is 9.75. The van der Waals surface area contributed by atoms with Crippen molar-refractivity contribution in [2.75, 3.05) is 4.81 Å². The van der Waals surface area contributed by atoms with Crippen molar-refractivity contribution >= 4 is 93.2 Å². The second-order valence-corrected chi connectivity index (χ2v) is 14.7. The molecule has 50 heavy (non-hydrogen) atoms. The molecule has 0 saturated heterocycles. The largest absolute Gasteiger partial charge is 0.376 e. The molecule has 0 aliphatic carbocycles. The molecule has 8 aromatic carbocycles. The Morgan fingerprint density at radius 1 is 0.480 bits per heavy atom. The number of hydrogen-bond donors (Lipinski definition) is 0. The molecule has 2 aliphatic rings. The number of para-hydroxylation sites is 3. The van der Waals surface area contributed by atoms with E-state index in [1.807, 2.05) is 11.3 Å². The maximum absolute atomic E-state index is 2.58. The highest BCUT2D eigenvalue weighted by molar-refractivity contribution is 7.25. The van der Waals surface area contributed by atoms with Gasteiger partial charge in [0.1, 0.15) is 0 Å². The lowest BCUT2D eigenvalue weighted by Gasteiger charge is -2.42. The first kappa shape index (κ1) is 26.8. The summed E-state index contributed by atoms with van der Waals surface area (Å²) in [6.45, 7) is 0.0181. The third-order valence-corrected chi connectivity index (χ3v) is 12.3. The number of hydrogen-bond acceptors (Lipinski definition) is 2. The van der Waals surface area contributed by atoms with Gasteiger partial charge in [-0.3, -0.25) is 0 Å². The van der Waals surface area contributed by atoms with Gasteiger partial charge in [-0.1, -0.05) is 103 Å². The first-order valence-electron chi connectivity index (χ1n) is 17.3. The molecule has 0 spiro atoms. The van der Waals surface area contributed by atoms with Crippen LogP contribution in [-0.4, -0.2) is 11.4 Å². The van der Waals surface area contributed by atoms with E-state index in [4.69, 9.17) is 0 Å². The molecule has 0 radical (unpaired) electrons. The van der Waals surface area contributed by atoms with Crippen molar-refractivity contribution in [2.24, 2.45) is 0 Å². The summed E-state index contributed by atoms with van der Waals surface area (Å²) in [6.07, 6.45) is 0. The molecule has 0 N–H and O–H groups in total. The van der Waals surface area contributed by atoms with E-state index < -0.39 is 0 Å². The molecule has 4 heterocycles. The lowest BCUT2D eigenvalue weighted by molar-refractivity contribution is 1.18. The maximum Gasteiger partial charge on any atom is 0.333 e. The van der Waals surface area contributed by atoms with Crippen LogP contribution < -0.4 is 15.7 Å². The van der Waals surface area contributed by atoms with Crippen molar-refractivity contribution in [3.05, 3.63) is 164 Å². The number of nitrogens with zero attached hydrogens (tertiary/aromatic N) is 2. The van der Waals surface area contributed by atoms with Crippen LogP contribution in [0.25, 0.3) is 80.7 Å². The summed E-state index contributed by atoms with van der Waals surface area (Å²) in [5.41, 5.74) is 14.1. The average molecular weight is 651 g/mol. The monoisotopic (exact) mass is 650 g/mol. The second-order valence-electron chi connectivity index (χ2n) is 13.7. The maximum atomic E-state index is 2.58. The summed E-state index contributed by atoms with van der Waals surface area (Å²) < 4.78 is 5.25. The van der Waals surface area contributed by atoms with E-state index in [9.17, 15) is 0 Å².